The Morgan fingerprint density at radius 2 is 1.77 bits per heavy atom. The molecule has 3 aliphatic rings. The number of piperazine rings is 1. The summed E-state index contributed by atoms with van der Waals surface area (Å²) in [6.45, 7) is 6.32. The smallest absolute Gasteiger partial charge is 0.270 e. The van der Waals surface area contributed by atoms with E-state index in [1.165, 1.54) is 47.6 Å². The van der Waals surface area contributed by atoms with E-state index in [1.807, 2.05) is 13.0 Å². The molecule has 3 aromatic carbocycles. The molecule has 270 valence electrons. The van der Waals surface area contributed by atoms with Crippen LogP contribution in [0.15, 0.2) is 84.9 Å². The van der Waals surface area contributed by atoms with Crippen molar-refractivity contribution in [3.63, 3.8) is 0 Å². The molecular formula is C41H45FN6O4. The summed E-state index contributed by atoms with van der Waals surface area (Å²) in [6.07, 6.45) is 6.04. The third-order valence-corrected chi connectivity index (χ3v) is 10.2. The van der Waals surface area contributed by atoms with Gasteiger partial charge < -0.3 is 25.5 Å². The van der Waals surface area contributed by atoms with Crippen molar-refractivity contribution in [3.05, 3.63) is 113 Å². The molecule has 3 heterocycles. The molecule has 3 amide bonds. The van der Waals surface area contributed by atoms with Crippen LogP contribution >= 0.6 is 0 Å². The molecule has 10 nitrogen and oxygen atoms in total. The maximum atomic E-state index is 13.7. The SMILES string of the molecule is C[C@H](NC(=O)[C@@H]1C[C@@H](O)CN1C(=O)CNC(=O)c1ccc2cc(F)ccc2n1)c1ccc(N2CCN(Cc3ccccc3)CC2)cc1/C=C/C1CC1. The van der Waals surface area contributed by atoms with Crippen molar-refractivity contribution >= 4 is 40.4 Å². The Kier molecular flexibility index (Phi) is 10.6. The van der Waals surface area contributed by atoms with Gasteiger partial charge in [0.2, 0.25) is 11.8 Å². The number of likely N-dealkylation sites (tertiary alicyclic amines) is 1. The summed E-state index contributed by atoms with van der Waals surface area (Å²) in [4.78, 5) is 50.3. The van der Waals surface area contributed by atoms with Gasteiger partial charge in [-0.05, 0) is 78.8 Å². The highest BCUT2D eigenvalue weighted by atomic mass is 19.1. The number of β-amino-alcohol motifs (C(OH)–C–C–N with tert-alkyl or cyclic N) is 1. The lowest BCUT2D eigenvalue weighted by molar-refractivity contribution is -0.138. The van der Waals surface area contributed by atoms with Crippen LogP contribution < -0.4 is 15.5 Å². The highest BCUT2D eigenvalue weighted by Gasteiger charge is 2.39. The number of pyridine rings is 1. The number of hydrogen-bond donors (Lipinski definition) is 3. The number of carbonyl (C=O) groups is 3. The topological polar surface area (TPSA) is 118 Å². The monoisotopic (exact) mass is 704 g/mol. The Morgan fingerprint density at radius 1 is 0.981 bits per heavy atom. The maximum absolute atomic E-state index is 13.7. The fraction of sp³-hybridized carbons (Fsp3) is 0.366. The Hall–Kier alpha value is -5.13. The van der Waals surface area contributed by atoms with Gasteiger partial charge >= 0.3 is 0 Å². The van der Waals surface area contributed by atoms with Gasteiger partial charge in [0.15, 0.2) is 0 Å². The van der Waals surface area contributed by atoms with Crippen LogP contribution in [-0.4, -0.2) is 89.0 Å². The van der Waals surface area contributed by atoms with Crippen LogP contribution in [0.25, 0.3) is 17.0 Å². The highest BCUT2D eigenvalue weighted by molar-refractivity contribution is 5.97. The first-order valence-electron chi connectivity index (χ1n) is 18.2. The molecule has 3 N–H and O–H groups in total. The van der Waals surface area contributed by atoms with E-state index in [1.54, 1.807) is 6.07 Å². The van der Waals surface area contributed by atoms with Gasteiger partial charge in [0, 0.05) is 56.8 Å². The number of amides is 3. The number of fused-ring (bicyclic) bond motifs is 1. The molecule has 3 atom stereocenters. The van der Waals surface area contributed by atoms with Crippen molar-refractivity contribution in [2.24, 2.45) is 5.92 Å². The van der Waals surface area contributed by atoms with Crippen LogP contribution in [0.5, 0.6) is 0 Å². The van der Waals surface area contributed by atoms with Crippen molar-refractivity contribution in [2.45, 2.75) is 50.9 Å². The molecule has 52 heavy (non-hydrogen) atoms. The molecule has 2 aliphatic heterocycles. The second kappa shape index (κ2) is 15.6. The van der Waals surface area contributed by atoms with E-state index in [9.17, 15) is 23.9 Å². The predicted octanol–water partition coefficient (Wildman–Crippen LogP) is 4.69. The Bertz CT molecular complexity index is 1960. The summed E-state index contributed by atoms with van der Waals surface area (Å²) in [5.74, 6) is -1.23. The summed E-state index contributed by atoms with van der Waals surface area (Å²) in [6, 6.07) is 22.9. The zero-order chi connectivity index (χ0) is 36.2. The van der Waals surface area contributed by atoms with Crippen molar-refractivity contribution < 1.29 is 23.9 Å². The van der Waals surface area contributed by atoms with E-state index in [4.69, 9.17) is 0 Å². The number of rotatable bonds is 11. The van der Waals surface area contributed by atoms with Gasteiger partial charge in [0.05, 0.1) is 24.2 Å². The van der Waals surface area contributed by atoms with E-state index in [-0.39, 0.29) is 37.2 Å². The Morgan fingerprint density at radius 3 is 2.54 bits per heavy atom. The first kappa shape index (κ1) is 35.3. The van der Waals surface area contributed by atoms with Crippen LogP contribution in [-0.2, 0) is 16.1 Å². The minimum absolute atomic E-state index is 0.0103. The molecule has 4 aromatic rings. The van der Waals surface area contributed by atoms with Gasteiger partial charge in [-0.15, -0.1) is 0 Å². The minimum Gasteiger partial charge on any atom is -0.391 e. The van der Waals surface area contributed by atoms with E-state index in [0.29, 0.717) is 16.8 Å². The number of aliphatic hydroxyl groups excluding tert-OH is 1. The number of benzene rings is 3. The van der Waals surface area contributed by atoms with E-state index < -0.39 is 29.8 Å². The van der Waals surface area contributed by atoms with Crippen molar-refractivity contribution in [3.8, 4) is 0 Å². The number of anilines is 1. The van der Waals surface area contributed by atoms with Crippen LogP contribution in [0.2, 0.25) is 0 Å². The number of nitrogens with one attached hydrogen (secondary N) is 2. The first-order chi connectivity index (χ1) is 25.2. The lowest BCUT2D eigenvalue weighted by Gasteiger charge is -2.36. The average Bonchev–Trinajstić information content (AvgIpc) is 3.91. The highest BCUT2D eigenvalue weighted by Crippen LogP contribution is 2.33. The van der Waals surface area contributed by atoms with Crippen molar-refractivity contribution in [1.29, 1.82) is 0 Å². The number of hydrogen-bond acceptors (Lipinski definition) is 7. The van der Waals surface area contributed by atoms with Gasteiger partial charge in [-0.2, -0.15) is 0 Å². The lowest BCUT2D eigenvalue weighted by atomic mass is 9.98. The molecule has 7 rings (SSSR count). The normalized spacial score (nSPS) is 20.0. The second-order valence-corrected chi connectivity index (χ2v) is 14.2. The summed E-state index contributed by atoms with van der Waals surface area (Å²) in [7, 11) is 0. The molecule has 3 fully saturated rings. The second-order valence-electron chi connectivity index (χ2n) is 14.2. The number of aliphatic hydroxyl groups is 1. The molecule has 1 saturated carbocycles. The molecule has 1 aromatic heterocycles. The van der Waals surface area contributed by atoms with Gasteiger partial charge in [-0.3, -0.25) is 19.3 Å². The summed E-state index contributed by atoms with van der Waals surface area (Å²) in [5, 5.41) is 16.7. The van der Waals surface area contributed by atoms with Gasteiger partial charge in [-0.1, -0.05) is 54.6 Å². The molecule has 0 spiro atoms. The van der Waals surface area contributed by atoms with Gasteiger partial charge in [0.1, 0.15) is 17.6 Å². The minimum atomic E-state index is -0.882. The standard InChI is InChI=1S/C41H45FN6O4/c1-27(35-14-13-33(22-30(35)10-9-28-7-8-28)47-19-17-46(18-20-47)25-29-5-3-2-4-6-29)44-41(52)38-23-34(49)26-48(38)39(50)24-43-40(51)37-15-11-31-21-32(42)12-16-36(31)45-37/h2-6,9-16,21-22,27-28,34,38,49H,7-8,17-20,23-26H2,1H3,(H,43,51)(H,44,52)/b10-9+/t27-,34+,38-/m0/s1. The number of aromatic nitrogens is 1. The van der Waals surface area contributed by atoms with Crippen LogP contribution in [0.4, 0.5) is 10.1 Å². The summed E-state index contributed by atoms with van der Waals surface area (Å²) >= 11 is 0. The Labute approximate surface area is 303 Å². The van der Waals surface area contributed by atoms with E-state index in [2.05, 4.69) is 80.0 Å². The molecule has 0 unspecified atom stereocenters. The molecule has 11 heteroatoms. The fourth-order valence-electron chi connectivity index (χ4n) is 7.13. The Balaban J connectivity index is 0.978. The van der Waals surface area contributed by atoms with E-state index >= 15 is 0 Å². The van der Waals surface area contributed by atoms with Crippen LogP contribution in [0, 0.1) is 11.7 Å². The van der Waals surface area contributed by atoms with E-state index in [0.717, 1.165) is 49.5 Å². The first-order valence-corrected chi connectivity index (χ1v) is 18.2. The fourth-order valence-corrected chi connectivity index (χ4v) is 7.13. The summed E-state index contributed by atoms with van der Waals surface area (Å²) < 4.78 is 13.5. The third kappa shape index (κ3) is 8.49. The quantitative estimate of drug-likeness (QED) is 0.208. The summed E-state index contributed by atoms with van der Waals surface area (Å²) in [5.41, 5.74) is 5.05. The lowest BCUT2D eigenvalue weighted by Crippen LogP contribution is -2.49. The van der Waals surface area contributed by atoms with Crippen molar-refractivity contribution in [2.75, 3.05) is 44.2 Å². The zero-order valence-electron chi connectivity index (χ0n) is 29.4. The predicted molar refractivity (Wildman–Crippen MR) is 199 cm³/mol. The van der Waals surface area contributed by atoms with Crippen molar-refractivity contribution in [1.82, 2.24) is 25.4 Å². The number of nitrogens with zero attached hydrogens (tertiary/aromatic N) is 4. The zero-order valence-corrected chi connectivity index (χ0v) is 29.4. The van der Waals surface area contributed by atoms with Gasteiger partial charge in [0.25, 0.3) is 5.91 Å². The van der Waals surface area contributed by atoms with Crippen LogP contribution in [0.3, 0.4) is 0 Å². The van der Waals surface area contributed by atoms with Gasteiger partial charge in [-0.25, -0.2) is 9.37 Å². The number of halogens is 1. The molecule has 2 saturated heterocycles. The molecule has 1 aliphatic carbocycles. The average molecular weight is 705 g/mol. The largest absolute Gasteiger partial charge is 0.391 e. The maximum Gasteiger partial charge on any atom is 0.270 e. The third-order valence-electron chi connectivity index (χ3n) is 10.2. The molecule has 0 bridgehead atoms. The molecular weight excluding hydrogens is 659 g/mol. The number of carbonyl (C=O) groups excluding carboxylic acids is 3. The number of allylic oxidation sites excluding steroid dienone is 1. The molecule has 0 radical (unpaired) electrons. The van der Waals surface area contributed by atoms with Crippen LogP contribution in [0.1, 0.15) is 59.4 Å².